The molecule has 0 bridgehead atoms. The van der Waals surface area contributed by atoms with Gasteiger partial charge in [-0.05, 0) is 85.3 Å². The lowest BCUT2D eigenvalue weighted by molar-refractivity contribution is -0.276. The maximum atomic E-state index is 14.9. The van der Waals surface area contributed by atoms with Crippen molar-refractivity contribution in [1.29, 1.82) is 0 Å². The van der Waals surface area contributed by atoms with Gasteiger partial charge in [0.15, 0.2) is 23.0 Å². The second-order valence-electron chi connectivity index (χ2n) is 24.0. The molecule has 0 saturated carbocycles. The van der Waals surface area contributed by atoms with E-state index >= 15 is 0 Å². The topological polar surface area (TPSA) is 189 Å². The smallest absolute Gasteiger partial charge is 0.340 e. The Morgan fingerprint density at radius 2 is 0.756 bits per heavy atom. The third-order valence-electron chi connectivity index (χ3n) is 16.4. The first kappa shape index (κ1) is 63.9. The summed E-state index contributed by atoms with van der Waals surface area (Å²) in [6.45, 7) is 39.1. The molecule has 0 aromatic heterocycles. The van der Waals surface area contributed by atoms with Crippen molar-refractivity contribution in [3.05, 3.63) is 107 Å². The van der Waals surface area contributed by atoms with Gasteiger partial charge in [0.2, 0.25) is 42.7 Å². The Labute approximate surface area is 468 Å². The largest absolute Gasteiger partial charge is 0.504 e. The van der Waals surface area contributed by atoms with Gasteiger partial charge >= 0.3 is 11.9 Å². The molecule has 1 heterocycles. The third kappa shape index (κ3) is 13.8. The van der Waals surface area contributed by atoms with Gasteiger partial charge in [-0.2, -0.15) is 0 Å². The number of carbonyl (C=O) groups excluding carboxylic acids is 2. The zero-order valence-electron chi connectivity index (χ0n) is 49.7. The Balaban J connectivity index is 1.73. The maximum Gasteiger partial charge on any atom is 0.340 e. The number of hydrogen-bond donors (Lipinski definition) is 4. The highest BCUT2D eigenvalue weighted by Gasteiger charge is 2.61. The van der Waals surface area contributed by atoms with E-state index in [1.807, 2.05) is 60.7 Å². The van der Waals surface area contributed by atoms with E-state index in [0.717, 1.165) is 11.1 Å². The first-order chi connectivity index (χ1) is 36.6. The van der Waals surface area contributed by atoms with E-state index in [1.54, 1.807) is 0 Å². The van der Waals surface area contributed by atoms with Gasteiger partial charge < -0.3 is 57.4 Å². The Hall–Kier alpha value is -4.89. The number of phenols is 4. The highest BCUT2D eigenvalue weighted by Crippen LogP contribution is 2.52. The van der Waals surface area contributed by atoms with Gasteiger partial charge in [-0.15, -0.1) is 0 Å². The third-order valence-corrected chi connectivity index (χ3v) is 34.6. The Bertz CT molecular complexity index is 2460. The van der Waals surface area contributed by atoms with Crippen molar-refractivity contribution < 1.29 is 67.0 Å². The van der Waals surface area contributed by atoms with E-state index in [0.29, 0.717) is 0 Å². The molecule has 1 aliphatic heterocycles. The Morgan fingerprint density at radius 1 is 0.449 bits per heavy atom. The molecule has 4 aromatic rings. The van der Waals surface area contributed by atoms with E-state index in [1.165, 1.54) is 24.3 Å². The van der Waals surface area contributed by atoms with Crippen LogP contribution in [0, 0.1) is 0 Å². The number of ether oxygens (including phenoxy) is 5. The summed E-state index contributed by atoms with van der Waals surface area (Å²) < 4.78 is 55.4. The fourth-order valence-electron chi connectivity index (χ4n) is 13.0. The molecule has 0 amide bonds. The van der Waals surface area contributed by atoms with Gasteiger partial charge in [0, 0.05) is 0 Å². The van der Waals surface area contributed by atoms with E-state index < -0.39 is 97.2 Å². The Kier molecular flexibility index (Phi) is 22.2. The van der Waals surface area contributed by atoms with Crippen LogP contribution < -0.4 is 9.47 Å². The van der Waals surface area contributed by atoms with Crippen LogP contribution in [0.4, 0.5) is 0 Å². The summed E-state index contributed by atoms with van der Waals surface area (Å²) in [6.07, 6.45) is -5.69. The lowest BCUT2D eigenvalue weighted by Gasteiger charge is -2.56. The zero-order valence-corrected chi connectivity index (χ0v) is 52.7. The molecule has 17 heteroatoms. The summed E-state index contributed by atoms with van der Waals surface area (Å²) >= 11 is 0. The summed E-state index contributed by atoms with van der Waals surface area (Å²) in [6, 6.07) is 23.3. The molecule has 1 aliphatic rings. The van der Waals surface area contributed by atoms with E-state index in [2.05, 4.69) is 125 Å². The van der Waals surface area contributed by atoms with Crippen LogP contribution in [-0.2, 0) is 40.7 Å². The van der Waals surface area contributed by atoms with Crippen LogP contribution in [-0.4, -0.2) is 94.6 Å². The molecular weight excluding hydrogens is 1040 g/mol. The van der Waals surface area contributed by atoms with Crippen molar-refractivity contribution >= 4 is 36.9 Å². The zero-order chi connectivity index (χ0) is 58.2. The fourth-order valence-corrected chi connectivity index (χ4v) is 29.7. The van der Waals surface area contributed by atoms with E-state index in [-0.39, 0.29) is 85.7 Å². The first-order valence-electron chi connectivity index (χ1n) is 28.1. The average Bonchev–Trinajstić information content (AvgIpc) is 3.47. The molecule has 14 nitrogen and oxygen atoms in total. The van der Waals surface area contributed by atoms with Crippen molar-refractivity contribution in [3.63, 3.8) is 0 Å². The molecule has 1 fully saturated rings. The molecule has 0 spiro atoms. The Morgan fingerprint density at radius 3 is 1.09 bits per heavy atom. The van der Waals surface area contributed by atoms with E-state index in [4.69, 9.17) is 37.0 Å². The standard InChI is InChI=1S/C61H92O14Si3/c1-36(2)76(37(3)4,38(5)6)73-56-53(35-70-59(66)47-29-49(62)54(50(63)30-47)68-33-45-25-21-19-22-26-45)71-61(72-60(67)48-31-51(64)55(52(65)32-48)69-34-46-27-23-20-24-28-46)58(75-78(42(13)14,43(15)16)44(17)18)57(56)74-77(39(7)8,40(9)10)41(11)12/h19-32,36-44,53,56-58,61-65H,33-35H2,1-18H3/t53-,56-,57+,58-,61+/m1/s1. The molecule has 5 atom stereocenters. The molecule has 0 radical (unpaired) electrons. The predicted molar refractivity (Wildman–Crippen MR) is 313 cm³/mol. The van der Waals surface area contributed by atoms with Crippen molar-refractivity contribution in [3.8, 4) is 34.5 Å². The minimum Gasteiger partial charge on any atom is -0.504 e. The van der Waals surface area contributed by atoms with Crippen molar-refractivity contribution in [1.82, 2.24) is 0 Å². The normalized spacial score (nSPS) is 18.6. The maximum absolute atomic E-state index is 14.9. The summed E-state index contributed by atoms with van der Waals surface area (Å²) in [5.41, 5.74) is 1.95. The number of phenolic OH excluding ortho intramolecular Hbond substituents is 4. The van der Waals surface area contributed by atoms with Gasteiger partial charge in [0.05, 0.1) is 11.1 Å². The van der Waals surface area contributed by atoms with Gasteiger partial charge in [0.1, 0.15) is 44.2 Å². The number of benzene rings is 4. The van der Waals surface area contributed by atoms with Crippen molar-refractivity contribution in [2.24, 2.45) is 0 Å². The first-order valence-corrected chi connectivity index (χ1v) is 34.5. The number of rotatable bonds is 26. The van der Waals surface area contributed by atoms with Crippen LogP contribution in [0.25, 0.3) is 0 Å². The molecule has 5 rings (SSSR count). The number of esters is 2. The van der Waals surface area contributed by atoms with Crippen LogP contribution in [0.3, 0.4) is 0 Å². The van der Waals surface area contributed by atoms with Gasteiger partial charge in [-0.25, -0.2) is 9.59 Å². The fraction of sp³-hybridized carbons (Fsp3) is 0.574. The minimum absolute atomic E-state index is 0.0454. The molecule has 4 N–H and O–H groups in total. The lowest BCUT2D eigenvalue weighted by Crippen LogP contribution is -2.70. The lowest BCUT2D eigenvalue weighted by atomic mass is 9.99. The van der Waals surface area contributed by atoms with Crippen molar-refractivity contribution in [2.45, 2.75) is 218 Å². The van der Waals surface area contributed by atoms with Crippen LogP contribution in [0.5, 0.6) is 34.5 Å². The second kappa shape index (κ2) is 27.0. The summed E-state index contributed by atoms with van der Waals surface area (Å²) in [7, 11) is -8.84. The highest BCUT2D eigenvalue weighted by atomic mass is 28.4. The molecule has 432 valence electrons. The highest BCUT2D eigenvalue weighted by molar-refractivity contribution is 6.79. The van der Waals surface area contributed by atoms with Crippen LogP contribution >= 0.6 is 0 Å². The monoisotopic (exact) mass is 1130 g/mol. The summed E-state index contributed by atoms with van der Waals surface area (Å²) in [5.74, 6) is -4.11. The molecule has 0 unspecified atom stereocenters. The molecule has 4 aromatic carbocycles. The molecule has 0 aliphatic carbocycles. The van der Waals surface area contributed by atoms with Gasteiger partial charge in [0.25, 0.3) is 0 Å². The van der Waals surface area contributed by atoms with E-state index in [9.17, 15) is 30.0 Å². The predicted octanol–water partition coefficient (Wildman–Crippen LogP) is 15.1. The molecular formula is C61H92O14Si3. The van der Waals surface area contributed by atoms with Gasteiger partial charge in [-0.1, -0.05) is 185 Å². The quantitative estimate of drug-likeness (QED) is 0.0343. The number of carbonyl (C=O) groups is 2. The van der Waals surface area contributed by atoms with Gasteiger partial charge in [-0.3, -0.25) is 0 Å². The summed E-state index contributed by atoms with van der Waals surface area (Å²) in [4.78, 5) is 29.2. The van der Waals surface area contributed by atoms with Crippen LogP contribution in [0.1, 0.15) is 156 Å². The number of hydrogen-bond acceptors (Lipinski definition) is 14. The molecule has 78 heavy (non-hydrogen) atoms. The number of aromatic hydroxyl groups is 4. The molecule has 1 saturated heterocycles. The van der Waals surface area contributed by atoms with Crippen molar-refractivity contribution in [2.75, 3.05) is 6.61 Å². The average molecular weight is 1130 g/mol. The SMILES string of the molecule is CC(C)[Si](O[C@@H]1[C@@H](O[Si](C(C)C)(C(C)C)C(C)C)[C@H](OC(=O)c2cc(O)c(OCc3ccccc3)c(O)c2)O[C@H](COC(=O)c2cc(O)c(OCc3ccccc3)c(O)c2)[C@H]1O[Si](C(C)C)(C(C)C)C(C)C)(C(C)C)C(C)C. The van der Waals surface area contributed by atoms with Crippen LogP contribution in [0.15, 0.2) is 84.9 Å². The second-order valence-corrected chi connectivity index (χ2v) is 40.2. The van der Waals surface area contributed by atoms with Crippen LogP contribution in [0.2, 0.25) is 49.9 Å². The summed E-state index contributed by atoms with van der Waals surface area (Å²) in [5, 5.41) is 44.9. The minimum atomic E-state index is -2.97.